The standard InChI is InChI=1S/C27H27F3N4O5/c1-3-39-25(37)19-7-5-13-32(16-19)23(35)22-24(36)33(15-18-9-11-20(12-10-18)27(28,29)30)26(38)34(31-22)21-8-4-6-17(2)14-21/h4,6,8-12,14,19H,3,5,7,13,15-16H2,1-2H3/t19-/m1/s1. The molecule has 1 saturated heterocycles. The number of nitrogens with zero attached hydrogens (tertiary/aromatic N) is 4. The molecule has 1 atom stereocenters. The molecular weight excluding hydrogens is 517 g/mol. The fourth-order valence-electron chi connectivity index (χ4n) is 4.46. The van der Waals surface area contributed by atoms with Crippen molar-refractivity contribution in [2.75, 3.05) is 19.7 Å². The van der Waals surface area contributed by atoms with E-state index < -0.39 is 46.5 Å². The second kappa shape index (κ2) is 11.3. The van der Waals surface area contributed by atoms with Gasteiger partial charge in [0.25, 0.3) is 11.5 Å². The lowest BCUT2D eigenvalue weighted by Gasteiger charge is -2.31. The quantitative estimate of drug-likeness (QED) is 0.442. The number of halogens is 3. The number of likely N-dealkylation sites (tertiary alicyclic amines) is 1. The Bertz CT molecular complexity index is 1490. The highest BCUT2D eigenvalue weighted by atomic mass is 19.4. The highest BCUT2D eigenvalue weighted by Gasteiger charge is 2.33. The first-order valence-electron chi connectivity index (χ1n) is 12.4. The van der Waals surface area contributed by atoms with Crippen molar-refractivity contribution in [2.45, 2.75) is 39.4 Å². The Kier molecular flexibility index (Phi) is 8.03. The van der Waals surface area contributed by atoms with Crippen LogP contribution in [0.15, 0.2) is 58.1 Å². The Labute approximate surface area is 221 Å². The van der Waals surface area contributed by atoms with Crippen LogP contribution in [0.3, 0.4) is 0 Å². The molecule has 0 radical (unpaired) electrons. The molecule has 1 fully saturated rings. The monoisotopic (exact) mass is 544 g/mol. The Hall–Kier alpha value is -4.22. The molecule has 1 amide bonds. The van der Waals surface area contributed by atoms with Gasteiger partial charge in [0.2, 0.25) is 5.69 Å². The Morgan fingerprint density at radius 1 is 1.10 bits per heavy atom. The van der Waals surface area contributed by atoms with Gasteiger partial charge < -0.3 is 9.64 Å². The minimum absolute atomic E-state index is 0.0290. The molecule has 39 heavy (non-hydrogen) atoms. The smallest absolute Gasteiger partial charge is 0.416 e. The van der Waals surface area contributed by atoms with Gasteiger partial charge >= 0.3 is 17.8 Å². The summed E-state index contributed by atoms with van der Waals surface area (Å²) in [6.07, 6.45) is -3.51. The predicted molar refractivity (Wildman–Crippen MR) is 135 cm³/mol. The van der Waals surface area contributed by atoms with Crippen LogP contribution in [-0.4, -0.2) is 50.8 Å². The number of amides is 1. The van der Waals surface area contributed by atoms with Gasteiger partial charge in [-0.3, -0.25) is 19.0 Å². The van der Waals surface area contributed by atoms with Gasteiger partial charge in [0.05, 0.1) is 30.3 Å². The van der Waals surface area contributed by atoms with Crippen molar-refractivity contribution in [2.24, 2.45) is 5.92 Å². The number of aromatic nitrogens is 3. The van der Waals surface area contributed by atoms with Crippen molar-refractivity contribution in [1.29, 1.82) is 0 Å². The van der Waals surface area contributed by atoms with E-state index in [2.05, 4.69) is 5.10 Å². The van der Waals surface area contributed by atoms with Gasteiger partial charge in [-0.25, -0.2) is 4.79 Å². The molecule has 1 aromatic heterocycles. The maximum atomic E-state index is 13.5. The molecule has 0 N–H and O–H groups in total. The first-order valence-corrected chi connectivity index (χ1v) is 12.4. The van der Waals surface area contributed by atoms with E-state index in [9.17, 15) is 32.3 Å². The van der Waals surface area contributed by atoms with Gasteiger partial charge in [0.1, 0.15) is 0 Å². The molecule has 1 aliphatic rings. The fourth-order valence-corrected chi connectivity index (χ4v) is 4.46. The van der Waals surface area contributed by atoms with E-state index in [4.69, 9.17) is 4.74 Å². The van der Waals surface area contributed by atoms with E-state index in [-0.39, 0.29) is 31.8 Å². The lowest BCUT2D eigenvalue weighted by molar-refractivity contribution is -0.149. The van der Waals surface area contributed by atoms with Crippen LogP contribution in [-0.2, 0) is 22.3 Å². The molecule has 1 aliphatic heterocycles. The number of piperidine rings is 1. The van der Waals surface area contributed by atoms with Gasteiger partial charge in [0, 0.05) is 13.1 Å². The molecule has 206 valence electrons. The van der Waals surface area contributed by atoms with E-state index in [0.29, 0.717) is 18.5 Å². The summed E-state index contributed by atoms with van der Waals surface area (Å²) in [5, 5.41) is 4.13. The SMILES string of the molecule is CCOC(=O)[C@@H]1CCCN(C(=O)c2nn(-c3cccc(C)c3)c(=O)n(Cc3ccc(C(F)(F)F)cc3)c2=O)C1. The average Bonchev–Trinajstić information content (AvgIpc) is 2.91. The van der Waals surface area contributed by atoms with Crippen LogP contribution in [0.5, 0.6) is 0 Å². The first kappa shape index (κ1) is 27.8. The van der Waals surface area contributed by atoms with Crippen LogP contribution in [0.1, 0.15) is 46.9 Å². The molecule has 0 saturated carbocycles. The number of hydrogen-bond acceptors (Lipinski definition) is 6. The molecule has 4 rings (SSSR count). The Morgan fingerprint density at radius 3 is 2.46 bits per heavy atom. The van der Waals surface area contributed by atoms with Crippen molar-refractivity contribution in [3.05, 3.63) is 91.8 Å². The second-order valence-electron chi connectivity index (χ2n) is 9.31. The number of benzene rings is 2. The maximum absolute atomic E-state index is 13.5. The largest absolute Gasteiger partial charge is 0.466 e. The normalized spacial score (nSPS) is 15.7. The highest BCUT2D eigenvalue weighted by Crippen LogP contribution is 2.29. The summed E-state index contributed by atoms with van der Waals surface area (Å²) in [6, 6.07) is 10.8. The minimum Gasteiger partial charge on any atom is -0.466 e. The fraction of sp³-hybridized carbons (Fsp3) is 0.370. The van der Waals surface area contributed by atoms with E-state index in [0.717, 1.165) is 26.9 Å². The van der Waals surface area contributed by atoms with Gasteiger partial charge in [-0.1, -0.05) is 24.3 Å². The highest BCUT2D eigenvalue weighted by molar-refractivity contribution is 5.92. The minimum atomic E-state index is -4.54. The van der Waals surface area contributed by atoms with Gasteiger partial charge in [-0.05, 0) is 62.1 Å². The molecule has 0 bridgehead atoms. The van der Waals surface area contributed by atoms with Crippen LogP contribution < -0.4 is 11.2 Å². The molecule has 2 aromatic carbocycles. The number of rotatable bonds is 6. The maximum Gasteiger partial charge on any atom is 0.416 e. The topological polar surface area (TPSA) is 104 Å². The summed E-state index contributed by atoms with van der Waals surface area (Å²) in [4.78, 5) is 54.0. The lowest BCUT2D eigenvalue weighted by Crippen LogP contribution is -2.49. The molecule has 3 aromatic rings. The van der Waals surface area contributed by atoms with Crippen molar-refractivity contribution < 1.29 is 27.5 Å². The predicted octanol–water partition coefficient (Wildman–Crippen LogP) is 3.19. The third-order valence-corrected chi connectivity index (χ3v) is 6.46. The van der Waals surface area contributed by atoms with Crippen molar-refractivity contribution >= 4 is 11.9 Å². The van der Waals surface area contributed by atoms with E-state index in [1.54, 1.807) is 38.1 Å². The van der Waals surface area contributed by atoms with Gasteiger partial charge in [-0.15, -0.1) is 0 Å². The molecule has 9 nitrogen and oxygen atoms in total. The van der Waals surface area contributed by atoms with Crippen molar-refractivity contribution in [1.82, 2.24) is 19.2 Å². The molecule has 0 unspecified atom stereocenters. The molecule has 12 heteroatoms. The zero-order chi connectivity index (χ0) is 28.3. The van der Waals surface area contributed by atoms with Gasteiger partial charge in [0.15, 0.2) is 0 Å². The van der Waals surface area contributed by atoms with E-state index >= 15 is 0 Å². The van der Waals surface area contributed by atoms with E-state index in [1.165, 1.54) is 17.0 Å². The zero-order valence-corrected chi connectivity index (χ0v) is 21.4. The average molecular weight is 545 g/mol. The molecule has 0 aliphatic carbocycles. The number of carbonyl (C=O) groups is 2. The summed E-state index contributed by atoms with van der Waals surface area (Å²) >= 11 is 0. The molecule has 2 heterocycles. The van der Waals surface area contributed by atoms with Crippen LogP contribution >= 0.6 is 0 Å². The summed E-state index contributed by atoms with van der Waals surface area (Å²) in [6.45, 7) is 3.60. The summed E-state index contributed by atoms with van der Waals surface area (Å²) in [5.74, 6) is -1.75. The van der Waals surface area contributed by atoms with Crippen molar-refractivity contribution in [3.8, 4) is 5.69 Å². The molecule has 0 spiro atoms. The number of carbonyl (C=O) groups excluding carboxylic acids is 2. The van der Waals surface area contributed by atoms with Crippen LogP contribution in [0.2, 0.25) is 0 Å². The number of alkyl halides is 3. The number of aryl methyl sites for hydroxylation is 1. The number of ether oxygens (including phenoxy) is 1. The number of esters is 1. The Morgan fingerprint density at radius 2 is 1.82 bits per heavy atom. The molecular formula is C27H27F3N4O5. The zero-order valence-electron chi connectivity index (χ0n) is 21.4. The van der Waals surface area contributed by atoms with Gasteiger partial charge in [-0.2, -0.15) is 23.0 Å². The third-order valence-electron chi connectivity index (χ3n) is 6.46. The second-order valence-corrected chi connectivity index (χ2v) is 9.31. The van der Waals surface area contributed by atoms with Crippen LogP contribution in [0.4, 0.5) is 13.2 Å². The van der Waals surface area contributed by atoms with Crippen molar-refractivity contribution in [3.63, 3.8) is 0 Å². The summed E-state index contributed by atoms with van der Waals surface area (Å²) < 4.78 is 45.8. The van der Waals surface area contributed by atoms with Crippen LogP contribution in [0, 0.1) is 12.8 Å². The summed E-state index contributed by atoms with van der Waals surface area (Å²) in [7, 11) is 0. The summed E-state index contributed by atoms with van der Waals surface area (Å²) in [5.41, 5.74) is -1.89. The Balaban J connectivity index is 1.77. The lowest BCUT2D eigenvalue weighted by atomic mass is 9.98. The number of hydrogen-bond donors (Lipinski definition) is 0. The first-order chi connectivity index (χ1) is 18.5. The van der Waals surface area contributed by atoms with Crippen LogP contribution in [0.25, 0.3) is 5.69 Å². The third kappa shape index (κ3) is 6.10. The van der Waals surface area contributed by atoms with E-state index in [1.807, 2.05) is 0 Å².